The number of nitrogens with two attached hydrogens (primary N) is 1. The molecule has 0 amide bonds. The van der Waals surface area contributed by atoms with Crippen molar-refractivity contribution in [1.82, 2.24) is 9.55 Å². The number of imidazole rings is 1. The van der Waals surface area contributed by atoms with Gasteiger partial charge in [-0.05, 0) is 50.2 Å². The van der Waals surface area contributed by atoms with Crippen LogP contribution in [0, 0.1) is 5.82 Å². The first-order valence-corrected chi connectivity index (χ1v) is 6.60. The molecule has 3 nitrogen and oxygen atoms in total. The number of hydrogen-bond donors (Lipinski definition) is 1. The summed E-state index contributed by atoms with van der Waals surface area (Å²) in [4.78, 5) is 4.48. The van der Waals surface area contributed by atoms with E-state index in [4.69, 9.17) is 5.73 Å². The van der Waals surface area contributed by atoms with Crippen LogP contribution in [0.2, 0.25) is 0 Å². The Bertz CT molecular complexity index is 757. The third-order valence-electron chi connectivity index (χ3n) is 3.36. The van der Waals surface area contributed by atoms with Gasteiger partial charge in [0.05, 0.1) is 5.52 Å². The Morgan fingerprint density at radius 3 is 2.45 bits per heavy atom. The van der Waals surface area contributed by atoms with Crippen molar-refractivity contribution in [2.45, 2.75) is 19.9 Å². The molecule has 0 saturated heterocycles. The zero-order valence-corrected chi connectivity index (χ0v) is 11.5. The summed E-state index contributed by atoms with van der Waals surface area (Å²) in [5.41, 5.74) is 8.57. The molecule has 1 heterocycles. The highest BCUT2D eigenvalue weighted by molar-refractivity contribution is 5.81. The van der Waals surface area contributed by atoms with E-state index in [9.17, 15) is 4.39 Å². The third-order valence-corrected chi connectivity index (χ3v) is 3.36. The number of fused-ring (bicyclic) bond motifs is 1. The van der Waals surface area contributed by atoms with Gasteiger partial charge in [-0.15, -0.1) is 0 Å². The number of nitrogen functional groups attached to an aromatic ring is 1. The zero-order valence-electron chi connectivity index (χ0n) is 11.5. The maximum absolute atomic E-state index is 13.9. The predicted molar refractivity (Wildman–Crippen MR) is 79.9 cm³/mol. The van der Waals surface area contributed by atoms with Gasteiger partial charge in [-0.2, -0.15) is 0 Å². The van der Waals surface area contributed by atoms with Crippen molar-refractivity contribution >= 4 is 16.7 Å². The van der Waals surface area contributed by atoms with E-state index >= 15 is 0 Å². The molecule has 0 saturated carbocycles. The molecule has 0 aliphatic carbocycles. The number of nitrogens with zero attached hydrogens (tertiary/aromatic N) is 2. The number of benzene rings is 2. The molecule has 0 unspecified atom stereocenters. The summed E-state index contributed by atoms with van der Waals surface area (Å²) in [7, 11) is 0. The molecule has 0 atom stereocenters. The van der Waals surface area contributed by atoms with E-state index in [1.165, 1.54) is 6.07 Å². The average Bonchev–Trinajstić information content (AvgIpc) is 2.80. The predicted octanol–water partition coefficient (Wildman–Crippen LogP) is 4.01. The Morgan fingerprint density at radius 2 is 1.80 bits per heavy atom. The zero-order chi connectivity index (χ0) is 14.3. The quantitative estimate of drug-likeness (QED) is 0.714. The number of hydrogen-bond acceptors (Lipinski definition) is 2. The molecule has 0 bridgehead atoms. The second kappa shape index (κ2) is 4.63. The second-order valence-electron chi connectivity index (χ2n) is 5.13. The van der Waals surface area contributed by atoms with Crippen molar-refractivity contribution in [1.29, 1.82) is 0 Å². The van der Waals surface area contributed by atoms with Crippen LogP contribution in [0.3, 0.4) is 0 Å². The van der Waals surface area contributed by atoms with Crippen LogP contribution >= 0.6 is 0 Å². The average molecular weight is 269 g/mol. The monoisotopic (exact) mass is 269 g/mol. The molecular weight excluding hydrogens is 253 g/mol. The summed E-state index contributed by atoms with van der Waals surface area (Å²) >= 11 is 0. The fourth-order valence-corrected chi connectivity index (χ4v) is 2.44. The van der Waals surface area contributed by atoms with Gasteiger partial charge in [-0.1, -0.05) is 6.07 Å². The third kappa shape index (κ3) is 1.93. The number of para-hydroxylation sites is 1. The van der Waals surface area contributed by atoms with Crippen LogP contribution in [0.25, 0.3) is 22.4 Å². The van der Waals surface area contributed by atoms with Crippen molar-refractivity contribution in [3.8, 4) is 11.4 Å². The lowest BCUT2D eigenvalue weighted by molar-refractivity contribution is 0.623. The first kappa shape index (κ1) is 12.7. The van der Waals surface area contributed by atoms with Crippen LogP contribution < -0.4 is 5.73 Å². The molecule has 2 N–H and O–H groups in total. The van der Waals surface area contributed by atoms with E-state index in [1.807, 2.05) is 34.9 Å². The Hall–Kier alpha value is -2.36. The first-order valence-electron chi connectivity index (χ1n) is 6.60. The molecule has 2 aromatic carbocycles. The maximum atomic E-state index is 13.9. The fraction of sp³-hybridized carbons (Fsp3) is 0.188. The summed E-state index contributed by atoms with van der Waals surface area (Å²) in [6.45, 7) is 4.12. The molecule has 3 rings (SSSR count). The van der Waals surface area contributed by atoms with Gasteiger partial charge in [0, 0.05) is 17.3 Å². The molecule has 0 spiro atoms. The summed E-state index contributed by atoms with van der Waals surface area (Å²) in [6, 6.07) is 12.7. The Balaban J connectivity index is 2.32. The summed E-state index contributed by atoms with van der Waals surface area (Å²) in [6.07, 6.45) is 0. The first-order chi connectivity index (χ1) is 9.58. The van der Waals surface area contributed by atoms with Gasteiger partial charge in [-0.3, -0.25) is 0 Å². The lowest BCUT2D eigenvalue weighted by Gasteiger charge is -2.13. The van der Waals surface area contributed by atoms with Gasteiger partial charge in [0.2, 0.25) is 0 Å². The maximum Gasteiger partial charge on any atom is 0.151 e. The minimum atomic E-state index is -0.293. The van der Waals surface area contributed by atoms with E-state index in [1.54, 1.807) is 6.07 Å². The van der Waals surface area contributed by atoms with Gasteiger partial charge in [0.15, 0.2) is 5.82 Å². The number of halogens is 1. The summed E-state index contributed by atoms with van der Waals surface area (Å²) in [5.74, 6) is 0.471. The Labute approximate surface area is 116 Å². The van der Waals surface area contributed by atoms with E-state index in [-0.39, 0.29) is 11.9 Å². The van der Waals surface area contributed by atoms with Crippen LogP contribution in [-0.2, 0) is 0 Å². The number of aromatic nitrogens is 2. The highest BCUT2D eigenvalue weighted by Gasteiger charge is 2.16. The highest BCUT2D eigenvalue weighted by atomic mass is 19.1. The van der Waals surface area contributed by atoms with Crippen LogP contribution in [0.1, 0.15) is 19.9 Å². The highest BCUT2D eigenvalue weighted by Crippen LogP contribution is 2.29. The topological polar surface area (TPSA) is 43.8 Å². The minimum absolute atomic E-state index is 0.189. The second-order valence-corrected chi connectivity index (χ2v) is 5.13. The number of rotatable bonds is 2. The van der Waals surface area contributed by atoms with Crippen molar-refractivity contribution in [2.75, 3.05) is 5.73 Å². The van der Waals surface area contributed by atoms with Crippen LogP contribution in [0.5, 0.6) is 0 Å². The van der Waals surface area contributed by atoms with Crippen molar-refractivity contribution in [2.24, 2.45) is 0 Å². The Morgan fingerprint density at radius 1 is 1.10 bits per heavy atom. The lowest BCUT2D eigenvalue weighted by atomic mass is 10.2. The lowest BCUT2D eigenvalue weighted by Crippen LogP contribution is -2.03. The minimum Gasteiger partial charge on any atom is -0.399 e. The molecule has 4 heteroatoms. The summed E-state index contributed by atoms with van der Waals surface area (Å²) < 4.78 is 16.0. The van der Waals surface area contributed by atoms with Crippen molar-refractivity contribution < 1.29 is 4.39 Å². The van der Waals surface area contributed by atoms with Crippen molar-refractivity contribution in [3.05, 3.63) is 48.3 Å². The smallest absolute Gasteiger partial charge is 0.151 e. The number of anilines is 1. The van der Waals surface area contributed by atoms with E-state index in [0.717, 1.165) is 16.9 Å². The van der Waals surface area contributed by atoms with Gasteiger partial charge in [0.25, 0.3) is 0 Å². The molecule has 0 radical (unpaired) electrons. The van der Waals surface area contributed by atoms with Crippen LogP contribution in [-0.4, -0.2) is 9.55 Å². The van der Waals surface area contributed by atoms with Crippen LogP contribution in [0.15, 0.2) is 42.5 Å². The fourth-order valence-electron chi connectivity index (χ4n) is 2.44. The Kier molecular flexibility index (Phi) is 2.93. The van der Waals surface area contributed by atoms with Gasteiger partial charge < -0.3 is 10.3 Å². The van der Waals surface area contributed by atoms with E-state index in [0.29, 0.717) is 11.2 Å². The van der Waals surface area contributed by atoms with Crippen molar-refractivity contribution in [3.63, 3.8) is 0 Å². The molecule has 0 aliphatic heterocycles. The van der Waals surface area contributed by atoms with Gasteiger partial charge >= 0.3 is 0 Å². The SMILES string of the molecule is CC(C)n1c(-c2ccc(N)cc2)nc2c(F)cccc21. The molecule has 0 fully saturated rings. The van der Waals surface area contributed by atoms with Crippen LogP contribution in [0.4, 0.5) is 10.1 Å². The molecule has 0 aliphatic rings. The largest absolute Gasteiger partial charge is 0.399 e. The molecule has 20 heavy (non-hydrogen) atoms. The standard InChI is InChI=1S/C16H16FN3/c1-10(2)20-14-5-3-4-13(17)15(14)19-16(20)11-6-8-12(18)9-7-11/h3-10H,18H2,1-2H3. The van der Waals surface area contributed by atoms with Gasteiger partial charge in [-0.25, -0.2) is 9.37 Å². The summed E-state index contributed by atoms with van der Waals surface area (Å²) in [5, 5.41) is 0. The molecule has 102 valence electrons. The molecule has 3 aromatic rings. The normalized spacial score (nSPS) is 11.4. The molecular formula is C16H16FN3. The van der Waals surface area contributed by atoms with Gasteiger partial charge in [0.1, 0.15) is 11.3 Å². The molecule has 1 aromatic heterocycles. The van der Waals surface area contributed by atoms with E-state index in [2.05, 4.69) is 18.8 Å². The van der Waals surface area contributed by atoms with E-state index < -0.39 is 0 Å².